The van der Waals surface area contributed by atoms with Gasteiger partial charge in [-0.2, -0.15) is 0 Å². The first-order valence-electron chi connectivity index (χ1n) is 4.06. The van der Waals surface area contributed by atoms with Gasteiger partial charge in [0.05, 0.1) is 0 Å². The Balaban J connectivity index is 4.12. The minimum atomic E-state index is 1.05. The normalized spacial score (nSPS) is 14.5. The Bertz CT molecular complexity index is 185. The van der Waals surface area contributed by atoms with Crippen molar-refractivity contribution in [3.8, 4) is 0 Å². The molecule has 1 heteroatoms. The van der Waals surface area contributed by atoms with E-state index in [2.05, 4.69) is 18.0 Å². The molecule has 0 saturated heterocycles. The van der Waals surface area contributed by atoms with Crippen LogP contribution in [0.25, 0.3) is 0 Å². The largest absolute Gasteiger partial charge is 0.262 e. The van der Waals surface area contributed by atoms with E-state index in [1.807, 2.05) is 33.1 Å². The summed E-state index contributed by atoms with van der Waals surface area (Å²) < 4.78 is 0. The van der Waals surface area contributed by atoms with Crippen molar-refractivity contribution >= 4 is 6.21 Å². The summed E-state index contributed by atoms with van der Waals surface area (Å²) in [6, 6.07) is 0. The number of allylic oxidation sites excluding steroid dienone is 4. The van der Waals surface area contributed by atoms with Crippen molar-refractivity contribution in [1.29, 1.82) is 0 Å². The van der Waals surface area contributed by atoms with Crippen LogP contribution in [-0.4, -0.2) is 6.21 Å². The van der Waals surface area contributed by atoms with E-state index in [9.17, 15) is 0 Å². The number of hydrogen-bond donors (Lipinski definition) is 0. The second-order valence-corrected chi connectivity index (χ2v) is 2.41. The molecule has 0 unspecified atom stereocenters. The van der Waals surface area contributed by atoms with Gasteiger partial charge < -0.3 is 0 Å². The van der Waals surface area contributed by atoms with E-state index in [-0.39, 0.29) is 0 Å². The van der Waals surface area contributed by atoms with Gasteiger partial charge in [0.25, 0.3) is 0 Å². The Hall–Kier alpha value is -0.850. The van der Waals surface area contributed by atoms with Crippen LogP contribution < -0.4 is 0 Å². The highest BCUT2D eigenvalue weighted by Crippen LogP contribution is 1.99. The molecule has 1 nitrogen and oxygen atoms in total. The zero-order valence-corrected chi connectivity index (χ0v) is 7.89. The molecule has 0 spiro atoms. The quantitative estimate of drug-likeness (QED) is 0.548. The van der Waals surface area contributed by atoms with Crippen molar-refractivity contribution in [3.05, 3.63) is 23.4 Å². The zero-order chi connectivity index (χ0) is 8.69. The molecule has 0 aromatic rings. The Morgan fingerprint density at radius 2 is 1.91 bits per heavy atom. The minimum Gasteiger partial charge on any atom is -0.262 e. The van der Waals surface area contributed by atoms with Gasteiger partial charge in [-0.25, -0.2) is 0 Å². The monoisotopic (exact) mass is 151 g/mol. The molecule has 0 N–H and O–H groups in total. The van der Waals surface area contributed by atoms with Crippen LogP contribution in [0.5, 0.6) is 0 Å². The van der Waals surface area contributed by atoms with Gasteiger partial charge in [-0.15, -0.1) is 0 Å². The van der Waals surface area contributed by atoms with Crippen LogP contribution in [0.15, 0.2) is 28.4 Å². The van der Waals surface area contributed by atoms with Crippen molar-refractivity contribution in [3.63, 3.8) is 0 Å². The second kappa shape index (κ2) is 5.90. The third kappa shape index (κ3) is 4.54. The topological polar surface area (TPSA) is 12.4 Å². The van der Waals surface area contributed by atoms with Crippen molar-refractivity contribution in [2.24, 2.45) is 4.99 Å². The Morgan fingerprint density at radius 3 is 2.27 bits per heavy atom. The minimum absolute atomic E-state index is 1.05. The van der Waals surface area contributed by atoms with Crippen LogP contribution in [0.4, 0.5) is 0 Å². The lowest BCUT2D eigenvalue weighted by molar-refractivity contribution is 1.16. The summed E-state index contributed by atoms with van der Waals surface area (Å²) in [6.07, 6.45) is 7.07. The fraction of sp³-hybridized carbons (Fsp3) is 0.500. The predicted octanol–water partition coefficient (Wildman–Crippen LogP) is 3.34. The molecule has 0 aromatic heterocycles. The summed E-state index contributed by atoms with van der Waals surface area (Å²) >= 11 is 0. The zero-order valence-electron chi connectivity index (χ0n) is 7.89. The van der Waals surface area contributed by atoms with Gasteiger partial charge in [0.1, 0.15) is 0 Å². The maximum atomic E-state index is 4.25. The van der Waals surface area contributed by atoms with Crippen LogP contribution in [0.1, 0.15) is 34.1 Å². The molecular formula is C10H17N. The van der Waals surface area contributed by atoms with E-state index >= 15 is 0 Å². The molecule has 11 heavy (non-hydrogen) atoms. The molecule has 0 bridgehead atoms. The molecule has 0 rings (SSSR count). The van der Waals surface area contributed by atoms with Crippen molar-refractivity contribution < 1.29 is 0 Å². The molecule has 0 fully saturated rings. The molecule has 0 amide bonds. The average molecular weight is 151 g/mol. The second-order valence-electron chi connectivity index (χ2n) is 2.41. The molecule has 0 radical (unpaired) electrons. The first-order chi connectivity index (χ1) is 5.24. The lowest BCUT2D eigenvalue weighted by atomic mass is 10.2. The fourth-order valence-electron chi connectivity index (χ4n) is 0.629. The van der Waals surface area contributed by atoms with Gasteiger partial charge in [0.15, 0.2) is 0 Å². The van der Waals surface area contributed by atoms with Crippen molar-refractivity contribution in [2.45, 2.75) is 34.1 Å². The van der Waals surface area contributed by atoms with Gasteiger partial charge >= 0.3 is 0 Å². The Labute approximate surface area is 69.5 Å². The molecule has 0 aliphatic heterocycles. The van der Waals surface area contributed by atoms with Gasteiger partial charge in [-0.05, 0) is 32.8 Å². The number of nitrogens with zero attached hydrogens (tertiary/aromatic N) is 1. The predicted molar refractivity (Wildman–Crippen MR) is 52.0 cm³/mol. The summed E-state index contributed by atoms with van der Waals surface area (Å²) in [6.45, 7) is 8.16. The van der Waals surface area contributed by atoms with Crippen LogP contribution in [0, 0.1) is 0 Å². The summed E-state index contributed by atoms with van der Waals surface area (Å²) in [5.74, 6) is 0. The number of aliphatic imine (C=N–C) groups is 1. The molecular weight excluding hydrogens is 134 g/mol. The van der Waals surface area contributed by atoms with Gasteiger partial charge in [-0.3, -0.25) is 4.99 Å². The maximum Gasteiger partial charge on any atom is 0.0330 e. The van der Waals surface area contributed by atoms with E-state index < -0.39 is 0 Å². The standard InChI is InChI=1S/C10H17N/c1-5-9(4)11-8-10(6-2)7-3/h5-6,8H,7H2,1-4H3/b9-5+,10-6-,11-8+. The first-order valence-corrected chi connectivity index (χ1v) is 4.06. The van der Waals surface area contributed by atoms with E-state index in [1.165, 1.54) is 5.57 Å². The highest BCUT2D eigenvalue weighted by Gasteiger charge is 1.84. The average Bonchev–Trinajstić information content (AvgIpc) is 2.06. The van der Waals surface area contributed by atoms with E-state index in [1.54, 1.807) is 0 Å². The molecule has 0 heterocycles. The van der Waals surface area contributed by atoms with Gasteiger partial charge in [0, 0.05) is 11.9 Å². The third-order valence-corrected chi connectivity index (χ3v) is 1.63. The first kappa shape index (κ1) is 10.2. The molecule has 0 aromatic carbocycles. The van der Waals surface area contributed by atoms with Gasteiger partial charge in [0.2, 0.25) is 0 Å². The SMILES string of the molecule is C\C=C(/C=N/C(C)=C/C)CC. The Morgan fingerprint density at radius 1 is 1.27 bits per heavy atom. The van der Waals surface area contributed by atoms with Crippen LogP contribution in [0.3, 0.4) is 0 Å². The van der Waals surface area contributed by atoms with E-state index in [0.717, 1.165) is 12.1 Å². The van der Waals surface area contributed by atoms with Crippen molar-refractivity contribution in [1.82, 2.24) is 0 Å². The number of rotatable bonds is 3. The van der Waals surface area contributed by atoms with Crippen molar-refractivity contribution in [2.75, 3.05) is 0 Å². The van der Waals surface area contributed by atoms with Gasteiger partial charge in [-0.1, -0.05) is 19.1 Å². The third-order valence-electron chi connectivity index (χ3n) is 1.63. The highest BCUT2D eigenvalue weighted by molar-refractivity contribution is 5.79. The van der Waals surface area contributed by atoms with Crippen LogP contribution in [-0.2, 0) is 0 Å². The molecule has 62 valence electrons. The highest BCUT2D eigenvalue weighted by atomic mass is 14.7. The fourth-order valence-corrected chi connectivity index (χ4v) is 0.629. The van der Waals surface area contributed by atoms with Crippen LogP contribution in [0.2, 0.25) is 0 Å². The summed E-state index contributed by atoms with van der Waals surface area (Å²) in [4.78, 5) is 4.25. The van der Waals surface area contributed by atoms with E-state index in [4.69, 9.17) is 0 Å². The van der Waals surface area contributed by atoms with E-state index in [0.29, 0.717) is 0 Å². The van der Waals surface area contributed by atoms with Crippen LogP contribution >= 0.6 is 0 Å². The Kier molecular flexibility index (Phi) is 5.44. The lowest BCUT2D eigenvalue weighted by Gasteiger charge is -1.93. The summed E-state index contributed by atoms with van der Waals surface area (Å²) in [5.41, 5.74) is 2.35. The molecule has 0 aliphatic carbocycles. The number of hydrogen-bond acceptors (Lipinski definition) is 1. The summed E-state index contributed by atoms with van der Waals surface area (Å²) in [7, 11) is 0. The maximum absolute atomic E-state index is 4.25. The molecule has 0 atom stereocenters. The lowest BCUT2D eigenvalue weighted by Crippen LogP contribution is -1.81. The molecule has 0 aliphatic rings. The molecule has 0 saturated carbocycles. The summed E-state index contributed by atoms with van der Waals surface area (Å²) in [5, 5.41) is 0. The smallest absolute Gasteiger partial charge is 0.0330 e.